The second kappa shape index (κ2) is 17.2. The zero-order valence-electron chi connectivity index (χ0n) is 27.2. The molecule has 0 amide bonds. The van der Waals surface area contributed by atoms with Crippen LogP contribution in [-0.4, -0.2) is 39.6 Å². The van der Waals surface area contributed by atoms with Crippen molar-refractivity contribution in [3.05, 3.63) is 162 Å². The zero-order valence-corrected chi connectivity index (χ0v) is 27.2. The summed E-state index contributed by atoms with van der Waals surface area (Å²) in [7, 11) is 0. The molecule has 4 rings (SSSR count). The summed E-state index contributed by atoms with van der Waals surface area (Å²) in [4.78, 5) is 69.4. The van der Waals surface area contributed by atoms with Gasteiger partial charge in [0.2, 0.25) is 5.78 Å². The maximum absolute atomic E-state index is 13.1. The maximum Gasteiger partial charge on any atom is 0.416 e. The van der Waals surface area contributed by atoms with Gasteiger partial charge in [0.1, 0.15) is 22.8 Å². The standard InChI is InChI=1S/C19H13F4NO5.C16H9F4NO4/c1-2-29-10-15(17(25)11-3-6-13(20)7-4-11)18(26)14-8-5-12(19(21,22)23)9-16(14)24(27)28;17-11-4-1-9(2-5-11)14(22)8-15(23)12-6-3-10(16(18,19)20)7-13(12)21(24)25/h3-10H,2H2,1H3;1-7H,8H2. The molecule has 0 atom stereocenters. The number of nitro benzene ring substituents is 2. The first-order chi connectivity index (χ1) is 25.1. The number of rotatable bonds is 12. The lowest BCUT2D eigenvalue weighted by atomic mass is 9.95. The minimum absolute atomic E-state index is 0.00400. The first-order valence-corrected chi connectivity index (χ1v) is 14.9. The van der Waals surface area contributed by atoms with Crippen molar-refractivity contribution >= 4 is 34.5 Å². The van der Waals surface area contributed by atoms with Crippen LogP contribution in [0.3, 0.4) is 0 Å². The van der Waals surface area contributed by atoms with E-state index in [-0.39, 0.29) is 29.9 Å². The van der Waals surface area contributed by atoms with Crippen molar-refractivity contribution in [1.29, 1.82) is 0 Å². The molecule has 0 saturated carbocycles. The Morgan fingerprint density at radius 3 is 1.48 bits per heavy atom. The molecule has 0 aliphatic heterocycles. The van der Waals surface area contributed by atoms with E-state index in [0.29, 0.717) is 24.3 Å². The molecule has 4 aromatic rings. The molecule has 54 heavy (non-hydrogen) atoms. The van der Waals surface area contributed by atoms with Gasteiger partial charge in [-0.25, -0.2) is 8.78 Å². The third-order valence-electron chi connectivity index (χ3n) is 7.04. The Hall–Kier alpha value is -6.66. The summed E-state index contributed by atoms with van der Waals surface area (Å²) in [6.45, 7) is 1.59. The number of allylic oxidation sites excluding steroid dienone is 1. The molecule has 0 spiro atoms. The summed E-state index contributed by atoms with van der Waals surface area (Å²) < 4.78 is 107. The third-order valence-corrected chi connectivity index (χ3v) is 7.04. The number of nitrogens with zero attached hydrogens (tertiary/aromatic N) is 2. The summed E-state index contributed by atoms with van der Waals surface area (Å²) >= 11 is 0. The summed E-state index contributed by atoms with van der Waals surface area (Å²) in [5, 5.41) is 22.2. The molecule has 0 heterocycles. The highest BCUT2D eigenvalue weighted by molar-refractivity contribution is 6.31. The fourth-order valence-corrected chi connectivity index (χ4v) is 4.40. The second-order valence-corrected chi connectivity index (χ2v) is 10.7. The quantitative estimate of drug-likeness (QED) is 0.0200. The molecule has 0 radical (unpaired) electrons. The van der Waals surface area contributed by atoms with Crippen LogP contribution in [0.4, 0.5) is 46.5 Å². The molecule has 0 aliphatic rings. The van der Waals surface area contributed by atoms with Crippen LogP contribution in [0.25, 0.3) is 0 Å². The molecule has 282 valence electrons. The van der Waals surface area contributed by atoms with E-state index in [4.69, 9.17) is 4.74 Å². The number of benzene rings is 4. The van der Waals surface area contributed by atoms with E-state index in [1.165, 1.54) is 0 Å². The number of Topliss-reactive ketones (excluding diaryl/α,β-unsaturated/α-hetero) is 4. The van der Waals surface area contributed by atoms with Gasteiger partial charge < -0.3 is 4.74 Å². The van der Waals surface area contributed by atoms with Crippen LogP contribution in [0.5, 0.6) is 0 Å². The molecule has 0 saturated heterocycles. The Bertz CT molecular complexity index is 2130. The molecule has 19 heteroatoms. The van der Waals surface area contributed by atoms with Gasteiger partial charge in [-0.1, -0.05) is 0 Å². The zero-order chi connectivity index (χ0) is 40.5. The Morgan fingerprint density at radius 1 is 0.630 bits per heavy atom. The molecule has 0 aliphatic carbocycles. The van der Waals surface area contributed by atoms with Crippen LogP contribution in [0, 0.1) is 31.9 Å². The topological polar surface area (TPSA) is 164 Å². The lowest BCUT2D eigenvalue weighted by molar-refractivity contribution is -0.385. The highest BCUT2D eigenvalue weighted by atomic mass is 19.4. The van der Waals surface area contributed by atoms with Crippen molar-refractivity contribution in [1.82, 2.24) is 0 Å². The Kier molecular flexibility index (Phi) is 13.3. The minimum Gasteiger partial charge on any atom is -0.501 e. The van der Waals surface area contributed by atoms with Crippen LogP contribution in [-0.2, 0) is 17.1 Å². The highest BCUT2D eigenvalue weighted by Gasteiger charge is 2.36. The van der Waals surface area contributed by atoms with Crippen molar-refractivity contribution in [2.24, 2.45) is 0 Å². The van der Waals surface area contributed by atoms with E-state index in [9.17, 15) is 74.5 Å². The number of carbonyl (C=O) groups is 4. The van der Waals surface area contributed by atoms with Crippen LogP contribution < -0.4 is 0 Å². The van der Waals surface area contributed by atoms with Crippen LogP contribution in [0.1, 0.15) is 65.9 Å². The number of alkyl halides is 6. The van der Waals surface area contributed by atoms with Crippen molar-refractivity contribution in [3.8, 4) is 0 Å². The second-order valence-electron chi connectivity index (χ2n) is 10.7. The van der Waals surface area contributed by atoms with Gasteiger partial charge >= 0.3 is 12.4 Å². The molecular weight excluding hydrogens is 744 g/mol. The van der Waals surface area contributed by atoms with Crippen molar-refractivity contribution in [3.63, 3.8) is 0 Å². The summed E-state index contributed by atoms with van der Waals surface area (Å²) in [6.07, 6.45) is -9.69. The maximum atomic E-state index is 13.1. The molecule has 0 bridgehead atoms. The number of hydrogen-bond donors (Lipinski definition) is 0. The molecule has 0 fully saturated rings. The molecular formula is C35H22F8N2O9. The third kappa shape index (κ3) is 10.7. The fraction of sp³-hybridized carbons (Fsp3) is 0.143. The van der Waals surface area contributed by atoms with Gasteiger partial charge in [0.25, 0.3) is 11.4 Å². The molecule has 4 aromatic carbocycles. The SMILES string of the molecule is CCOC=C(C(=O)c1ccc(F)cc1)C(=O)c1ccc(C(F)(F)F)cc1[N+](=O)[O-].O=C(CC(=O)c1ccc(C(F)(F)F)cc1[N+](=O)[O-])c1ccc(F)cc1. The summed E-state index contributed by atoms with van der Waals surface area (Å²) in [6, 6.07) is 11.2. The molecule has 0 unspecified atom stereocenters. The Morgan fingerprint density at radius 2 is 1.06 bits per heavy atom. The average molecular weight is 767 g/mol. The molecule has 11 nitrogen and oxygen atoms in total. The van der Waals surface area contributed by atoms with E-state index in [1.807, 2.05) is 0 Å². The Balaban J connectivity index is 0.000000294. The number of halogens is 8. The van der Waals surface area contributed by atoms with Crippen LogP contribution in [0.15, 0.2) is 96.8 Å². The number of ether oxygens (including phenoxy) is 1. The van der Waals surface area contributed by atoms with E-state index in [0.717, 1.165) is 54.8 Å². The van der Waals surface area contributed by atoms with E-state index in [2.05, 4.69) is 0 Å². The lowest BCUT2D eigenvalue weighted by Gasteiger charge is -2.10. The largest absolute Gasteiger partial charge is 0.501 e. The average Bonchev–Trinajstić information content (AvgIpc) is 3.11. The number of ketones is 4. The summed E-state index contributed by atoms with van der Waals surface area (Å²) in [5.74, 6) is -5.11. The van der Waals surface area contributed by atoms with Crippen LogP contribution >= 0.6 is 0 Å². The number of nitro groups is 2. The summed E-state index contributed by atoms with van der Waals surface area (Å²) in [5.41, 5.74) is -6.82. The number of carbonyl (C=O) groups excluding carboxylic acids is 4. The van der Waals surface area contributed by atoms with Gasteiger partial charge in [-0.3, -0.25) is 39.4 Å². The normalized spacial score (nSPS) is 11.5. The van der Waals surface area contributed by atoms with Gasteiger partial charge in [-0.15, -0.1) is 0 Å². The van der Waals surface area contributed by atoms with Gasteiger partial charge in [-0.2, -0.15) is 26.3 Å². The Labute approximate surface area is 297 Å². The monoisotopic (exact) mass is 766 g/mol. The van der Waals surface area contributed by atoms with Crippen molar-refractivity contribution in [2.45, 2.75) is 25.7 Å². The van der Waals surface area contributed by atoms with Gasteiger partial charge in [0.15, 0.2) is 17.3 Å². The van der Waals surface area contributed by atoms with Crippen molar-refractivity contribution in [2.75, 3.05) is 6.61 Å². The van der Waals surface area contributed by atoms with Gasteiger partial charge in [0.05, 0.1) is 45.8 Å². The fourth-order valence-electron chi connectivity index (χ4n) is 4.40. The van der Waals surface area contributed by atoms with E-state index >= 15 is 0 Å². The van der Waals surface area contributed by atoms with Crippen molar-refractivity contribution < 1.29 is 68.9 Å². The smallest absolute Gasteiger partial charge is 0.416 e. The molecule has 0 N–H and O–H groups in total. The first-order valence-electron chi connectivity index (χ1n) is 14.9. The van der Waals surface area contributed by atoms with E-state index < -0.39 is 103 Å². The minimum atomic E-state index is -4.86. The molecule has 0 aromatic heterocycles. The van der Waals surface area contributed by atoms with Crippen LogP contribution in [0.2, 0.25) is 0 Å². The van der Waals surface area contributed by atoms with Gasteiger partial charge in [-0.05, 0) is 79.7 Å². The highest BCUT2D eigenvalue weighted by Crippen LogP contribution is 2.35. The number of hydrogen-bond acceptors (Lipinski definition) is 9. The predicted octanol–water partition coefficient (Wildman–Crippen LogP) is 8.95. The van der Waals surface area contributed by atoms with E-state index in [1.54, 1.807) is 6.92 Å². The predicted molar refractivity (Wildman–Crippen MR) is 171 cm³/mol. The lowest BCUT2D eigenvalue weighted by Crippen LogP contribution is -2.17. The van der Waals surface area contributed by atoms with Gasteiger partial charge in [0, 0.05) is 23.3 Å². The first kappa shape index (κ1) is 41.8.